The van der Waals surface area contributed by atoms with Gasteiger partial charge in [-0.15, -0.1) is 24.0 Å². The molecule has 6 heteroatoms. The van der Waals surface area contributed by atoms with Crippen LogP contribution in [0.5, 0.6) is 0 Å². The Morgan fingerprint density at radius 3 is 2.45 bits per heavy atom. The standard InChI is InChI=1S/C16H35N3O2.HI/c1-5-17-16(18-10-7-6-8-12-20-4)19-11-9-13-21-14-15(2)3;/h15H,5-14H2,1-4H3,(H2,17,18,19);1H. The minimum atomic E-state index is 0. The van der Waals surface area contributed by atoms with Crippen molar-refractivity contribution in [3.05, 3.63) is 0 Å². The Bertz CT molecular complexity index is 252. The van der Waals surface area contributed by atoms with Crippen molar-refractivity contribution in [1.82, 2.24) is 10.6 Å². The highest BCUT2D eigenvalue weighted by molar-refractivity contribution is 14.0. The monoisotopic (exact) mass is 429 g/mol. The van der Waals surface area contributed by atoms with Gasteiger partial charge in [0.15, 0.2) is 5.96 Å². The molecule has 0 amide bonds. The average Bonchev–Trinajstić information content (AvgIpc) is 2.45. The van der Waals surface area contributed by atoms with Gasteiger partial charge in [-0.25, -0.2) is 0 Å². The van der Waals surface area contributed by atoms with E-state index in [1.165, 1.54) is 6.42 Å². The number of methoxy groups -OCH3 is 1. The van der Waals surface area contributed by atoms with Gasteiger partial charge in [0, 0.05) is 46.6 Å². The van der Waals surface area contributed by atoms with Crippen LogP contribution < -0.4 is 10.6 Å². The van der Waals surface area contributed by atoms with Gasteiger partial charge in [-0.05, 0) is 38.5 Å². The second-order valence-electron chi connectivity index (χ2n) is 5.56. The number of hydrogen-bond acceptors (Lipinski definition) is 3. The van der Waals surface area contributed by atoms with E-state index in [0.29, 0.717) is 5.92 Å². The van der Waals surface area contributed by atoms with Crippen LogP contribution in [0.25, 0.3) is 0 Å². The van der Waals surface area contributed by atoms with E-state index in [-0.39, 0.29) is 24.0 Å². The molecule has 0 unspecified atom stereocenters. The van der Waals surface area contributed by atoms with Gasteiger partial charge in [0.25, 0.3) is 0 Å². The fourth-order valence-electron chi connectivity index (χ4n) is 1.77. The molecule has 0 aromatic heterocycles. The van der Waals surface area contributed by atoms with Crippen LogP contribution in [0.2, 0.25) is 0 Å². The summed E-state index contributed by atoms with van der Waals surface area (Å²) in [6, 6.07) is 0. The highest BCUT2D eigenvalue weighted by Gasteiger charge is 1.97. The zero-order valence-electron chi connectivity index (χ0n) is 14.8. The van der Waals surface area contributed by atoms with Gasteiger partial charge in [-0.3, -0.25) is 4.99 Å². The van der Waals surface area contributed by atoms with E-state index < -0.39 is 0 Å². The molecule has 0 aromatic carbocycles. The number of aliphatic imine (C=N–C) groups is 1. The van der Waals surface area contributed by atoms with E-state index in [1.807, 2.05) is 0 Å². The SMILES string of the molecule is CCNC(=NCCCOCC(C)C)NCCCCCOC.I. The van der Waals surface area contributed by atoms with Crippen molar-refractivity contribution in [2.24, 2.45) is 10.9 Å². The zero-order valence-corrected chi connectivity index (χ0v) is 17.2. The lowest BCUT2D eigenvalue weighted by Gasteiger charge is -2.11. The molecule has 22 heavy (non-hydrogen) atoms. The molecule has 5 nitrogen and oxygen atoms in total. The molecule has 0 saturated heterocycles. The van der Waals surface area contributed by atoms with Gasteiger partial charge < -0.3 is 20.1 Å². The topological polar surface area (TPSA) is 54.9 Å². The van der Waals surface area contributed by atoms with Crippen molar-refractivity contribution >= 4 is 29.9 Å². The maximum atomic E-state index is 5.55. The van der Waals surface area contributed by atoms with Crippen LogP contribution in [0.1, 0.15) is 46.5 Å². The average molecular weight is 429 g/mol. The van der Waals surface area contributed by atoms with Crippen molar-refractivity contribution in [1.29, 1.82) is 0 Å². The lowest BCUT2D eigenvalue weighted by molar-refractivity contribution is 0.109. The van der Waals surface area contributed by atoms with Crippen molar-refractivity contribution < 1.29 is 9.47 Å². The Balaban J connectivity index is 0. The third kappa shape index (κ3) is 18.0. The number of nitrogens with zero attached hydrogens (tertiary/aromatic N) is 1. The van der Waals surface area contributed by atoms with E-state index in [9.17, 15) is 0 Å². The van der Waals surface area contributed by atoms with E-state index in [2.05, 4.69) is 36.4 Å². The van der Waals surface area contributed by atoms with Gasteiger partial charge in [0.05, 0.1) is 0 Å². The normalized spacial score (nSPS) is 11.4. The molecule has 134 valence electrons. The fourth-order valence-corrected chi connectivity index (χ4v) is 1.77. The molecule has 0 rings (SSSR count). The Morgan fingerprint density at radius 1 is 1.05 bits per heavy atom. The molecule has 0 fully saturated rings. The smallest absolute Gasteiger partial charge is 0.191 e. The minimum absolute atomic E-state index is 0. The molecular weight excluding hydrogens is 393 g/mol. The summed E-state index contributed by atoms with van der Waals surface area (Å²) in [5.74, 6) is 1.51. The predicted octanol–water partition coefficient (Wildman–Crippen LogP) is 3.04. The Labute approximate surface area is 154 Å². The quantitative estimate of drug-likeness (QED) is 0.205. The number of nitrogens with one attached hydrogen (secondary N) is 2. The highest BCUT2D eigenvalue weighted by Crippen LogP contribution is 1.95. The molecular formula is C16H36IN3O2. The van der Waals surface area contributed by atoms with Crippen molar-refractivity contribution in [2.45, 2.75) is 46.5 Å². The van der Waals surface area contributed by atoms with E-state index in [0.717, 1.165) is 64.7 Å². The molecule has 0 atom stereocenters. The second kappa shape index (κ2) is 19.0. The Morgan fingerprint density at radius 2 is 1.82 bits per heavy atom. The summed E-state index contributed by atoms with van der Waals surface area (Å²) in [7, 11) is 1.75. The highest BCUT2D eigenvalue weighted by atomic mass is 127. The number of guanidine groups is 1. The Hall–Kier alpha value is -0.0800. The molecule has 0 aliphatic rings. The first kappa shape index (κ1) is 24.2. The van der Waals surface area contributed by atoms with E-state index in [4.69, 9.17) is 9.47 Å². The Kier molecular flexibility index (Phi) is 20.8. The van der Waals surface area contributed by atoms with Crippen LogP contribution in [-0.2, 0) is 9.47 Å². The largest absolute Gasteiger partial charge is 0.385 e. The second-order valence-corrected chi connectivity index (χ2v) is 5.56. The first-order valence-electron chi connectivity index (χ1n) is 8.29. The number of ether oxygens (including phenoxy) is 2. The van der Waals surface area contributed by atoms with Crippen LogP contribution in [0, 0.1) is 5.92 Å². The van der Waals surface area contributed by atoms with E-state index >= 15 is 0 Å². The lowest BCUT2D eigenvalue weighted by atomic mass is 10.2. The first-order valence-corrected chi connectivity index (χ1v) is 8.29. The summed E-state index contributed by atoms with van der Waals surface area (Å²) in [5, 5.41) is 6.63. The van der Waals surface area contributed by atoms with Gasteiger partial charge in [0.1, 0.15) is 0 Å². The third-order valence-corrected chi connectivity index (χ3v) is 2.83. The van der Waals surface area contributed by atoms with Crippen LogP contribution in [0.15, 0.2) is 4.99 Å². The van der Waals surface area contributed by atoms with Gasteiger partial charge in [-0.1, -0.05) is 13.8 Å². The first-order chi connectivity index (χ1) is 10.2. The summed E-state index contributed by atoms with van der Waals surface area (Å²) in [4.78, 5) is 4.55. The summed E-state index contributed by atoms with van der Waals surface area (Å²) < 4.78 is 10.6. The van der Waals surface area contributed by atoms with E-state index in [1.54, 1.807) is 7.11 Å². The summed E-state index contributed by atoms with van der Waals surface area (Å²) in [6.45, 7) is 11.5. The number of halogens is 1. The minimum Gasteiger partial charge on any atom is -0.385 e. The van der Waals surface area contributed by atoms with Gasteiger partial charge >= 0.3 is 0 Å². The van der Waals surface area contributed by atoms with Gasteiger partial charge in [0.2, 0.25) is 0 Å². The summed E-state index contributed by atoms with van der Waals surface area (Å²) in [5.41, 5.74) is 0. The predicted molar refractivity (Wildman–Crippen MR) is 105 cm³/mol. The fraction of sp³-hybridized carbons (Fsp3) is 0.938. The third-order valence-electron chi connectivity index (χ3n) is 2.83. The molecule has 0 spiro atoms. The molecule has 0 aliphatic carbocycles. The molecule has 0 saturated carbocycles. The molecule has 0 heterocycles. The lowest BCUT2D eigenvalue weighted by Crippen LogP contribution is -2.37. The zero-order chi connectivity index (χ0) is 15.8. The van der Waals surface area contributed by atoms with Crippen LogP contribution in [0.4, 0.5) is 0 Å². The van der Waals surface area contributed by atoms with Crippen molar-refractivity contribution in [3.8, 4) is 0 Å². The molecule has 2 N–H and O–H groups in total. The molecule has 0 bridgehead atoms. The maximum Gasteiger partial charge on any atom is 0.191 e. The number of rotatable bonds is 13. The molecule has 0 radical (unpaired) electrons. The van der Waals surface area contributed by atoms with Crippen molar-refractivity contribution in [2.75, 3.05) is 46.6 Å². The maximum absolute atomic E-state index is 5.55. The van der Waals surface area contributed by atoms with Crippen LogP contribution >= 0.6 is 24.0 Å². The summed E-state index contributed by atoms with van der Waals surface area (Å²) >= 11 is 0. The molecule has 0 aliphatic heterocycles. The van der Waals surface area contributed by atoms with Gasteiger partial charge in [-0.2, -0.15) is 0 Å². The summed E-state index contributed by atoms with van der Waals surface area (Å²) in [6.07, 6.45) is 4.42. The van der Waals surface area contributed by atoms with Crippen LogP contribution in [0.3, 0.4) is 0 Å². The number of hydrogen-bond donors (Lipinski definition) is 2. The van der Waals surface area contributed by atoms with Crippen molar-refractivity contribution in [3.63, 3.8) is 0 Å². The van der Waals surface area contributed by atoms with Crippen LogP contribution in [-0.4, -0.2) is 52.5 Å². The molecule has 0 aromatic rings. The number of unbranched alkanes of at least 4 members (excludes halogenated alkanes) is 2.